The lowest BCUT2D eigenvalue weighted by Gasteiger charge is -2.09. The maximum atomic E-state index is 12.5. The van der Waals surface area contributed by atoms with Gasteiger partial charge < -0.3 is 4.74 Å². The number of anilines is 1. The van der Waals surface area contributed by atoms with Crippen molar-refractivity contribution in [3.8, 4) is 11.3 Å². The van der Waals surface area contributed by atoms with Crippen LogP contribution in [-0.2, 0) is 21.3 Å². The van der Waals surface area contributed by atoms with Gasteiger partial charge in [0.15, 0.2) is 0 Å². The molecule has 8 nitrogen and oxygen atoms in total. The number of aromatic nitrogens is 2. The Bertz CT molecular complexity index is 1050. The minimum atomic E-state index is -3.71. The number of sulfonamides is 1. The van der Waals surface area contributed by atoms with Crippen molar-refractivity contribution in [3.63, 3.8) is 0 Å². The molecular formula is C19H18N4O4S. The van der Waals surface area contributed by atoms with Gasteiger partial charge in [-0.1, -0.05) is 0 Å². The third kappa shape index (κ3) is 4.90. The Morgan fingerprint density at radius 3 is 2.57 bits per heavy atom. The Balaban J connectivity index is 1.69. The zero-order chi connectivity index (χ0) is 20.0. The zero-order valence-corrected chi connectivity index (χ0v) is 15.8. The molecule has 0 aliphatic heterocycles. The van der Waals surface area contributed by atoms with E-state index in [1.807, 2.05) is 18.2 Å². The van der Waals surface area contributed by atoms with Crippen LogP contribution in [0.25, 0.3) is 11.3 Å². The summed E-state index contributed by atoms with van der Waals surface area (Å²) in [5.74, 6) is 0. The molecule has 1 amide bonds. The van der Waals surface area contributed by atoms with Crippen molar-refractivity contribution in [2.45, 2.75) is 11.4 Å². The molecule has 0 spiro atoms. The van der Waals surface area contributed by atoms with E-state index in [0.717, 1.165) is 11.1 Å². The molecule has 0 aliphatic carbocycles. The predicted molar refractivity (Wildman–Crippen MR) is 104 cm³/mol. The van der Waals surface area contributed by atoms with E-state index < -0.39 is 16.1 Å². The Labute approximate surface area is 162 Å². The van der Waals surface area contributed by atoms with E-state index >= 15 is 0 Å². The Morgan fingerprint density at radius 1 is 1.11 bits per heavy atom. The van der Waals surface area contributed by atoms with Crippen LogP contribution in [0.4, 0.5) is 10.5 Å². The van der Waals surface area contributed by atoms with Gasteiger partial charge in [0.25, 0.3) is 0 Å². The van der Waals surface area contributed by atoms with Crippen LogP contribution in [0.2, 0.25) is 0 Å². The molecule has 0 saturated carbocycles. The number of amides is 1. The number of nitrogens with one attached hydrogen (secondary N) is 2. The van der Waals surface area contributed by atoms with Crippen molar-refractivity contribution in [2.24, 2.45) is 0 Å². The fourth-order valence-electron chi connectivity index (χ4n) is 2.40. The molecule has 2 N–H and O–H groups in total. The number of nitrogens with zero attached hydrogens (tertiary/aromatic N) is 2. The molecule has 0 radical (unpaired) electrons. The average Bonchev–Trinajstić information content (AvgIpc) is 2.73. The second kappa shape index (κ2) is 8.59. The molecule has 0 bridgehead atoms. The van der Waals surface area contributed by atoms with E-state index in [0.29, 0.717) is 11.4 Å². The van der Waals surface area contributed by atoms with Gasteiger partial charge in [-0.2, -0.15) is 0 Å². The van der Waals surface area contributed by atoms with Crippen LogP contribution in [0, 0.1) is 0 Å². The summed E-state index contributed by atoms with van der Waals surface area (Å²) in [6, 6.07) is 13.0. The lowest BCUT2D eigenvalue weighted by Crippen LogP contribution is -2.23. The van der Waals surface area contributed by atoms with Gasteiger partial charge in [-0.25, -0.2) is 17.9 Å². The highest BCUT2D eigenvalue weighted by Crippen LogP contribution is 2.18. The summed E-state index contributed by atoms with van der Waals surface area (Å²) in [7, 11) is -2.47. The molecule has 3 rings (SSSR count). The summed E-state index contributed by atoms with van der Waals surface area (Å²) < 4.78 is 32.1. The summed E-state index contributed by atoms with van der Waals surface area (Å²) in [5, 5.41) is 2.46. The number of pyridine rings is 2. The molecule has 1 aromatic carbocycles. The highest BCUT2D eigenvalue weighted by molar-refractivity contribution is 7.89. The molecule has 9 heteroatoms. The normalized spacial score (nSPS) is 11.0. The average molecular weight is 398 g/mol. The van der Waals surface area contributed by atoms with Crippen molar-refractivity contribution in [2.75, 3.05) is 12.4 Å². The van der Waals surface area contributed by atoms with Crippen molar-refractivity contribution in [1.82, 2.24) is 14.7 Å². The van der Waals surface area contributed by atoms with E-state index in [-0.39, 0.29) is 11.4 Å². The molecule has 2 aromatic heterocycles. The van der Waals surface area contributed by atoms with Crippen molar-refractivity contribution < 1.29 is 17.9 Å². The van der Waals surface area contributed by atoms with E-state index in [1.165, 1.54) is 31.4 Å². The lowest BCUT2D eigenvalue weighted by atomic mass is 10.1. The molecular weight excluding hydrogens is 380 g/mol. The van der Waals surface area contributed by atoms with Gasteiger partial charge in [-0.3, -0.25) is 15.3 Å². The molecule has 144 valence electrons. The van der Waals surface area contributed by atoms with Crippen LogP contribution in [-0.4, -0.2) is 31.6 Å². The zero-order valence-electron chi connectivity index (χ0n) is 15.0. The monoisotopic (exact) mass is 398 g/mol. The first-order valence-electron chi connectivity index (χ1n) is 8.28. The maximum Gasteiger partial charge on any atom is 0.411 e. The second-order valence-electron chi connectivity index (χ2n) is 5.76. The van der Waals surface area contributed by atoms with E-state index in [2.05, 4.69) is 24.7 Å². The summed E-state index contributed by atoms with van der Waals surface area (Å²) >= 11 is 0. The van der Waals surface area contributed by atoms with Gasteiger partial charge in [0.1, 0.15) is 0 Å². The molecule has 3 aromatic rings. The highest BCUT2D eigenvalue weighted by atomic mass is 32.2. The van der Waals surface area contributed by atoms with Crippen LogP contribution < -0.4 is 10.0 Å². The first kappa shape index (κ1) is 19.5. The number of ether oxygens (including phenoxy) is 1. The minimum Gasteiger partial charge on any atom is -0.453 e. The fraction of sp³-hybridized carbons (Fsp3) is 0.105. The Kier molecular flexibility index (Phi) is 5.97. The third-order valence-corrected chi connectivity index (χ3v) is 5.26. The van der Waals surface area contributed by atoms with Crippen molar-refractivity contribution in [3.05, 3.63) is 72.7 Å². The number of methoxy groups -OCH3 is 1. The quantitative estimate of drug-likeness (QED) is 0.661. The topological polar surface area (TPSA) is 110 Å². The predicted octanol–water partition coefficient (Wildman–Crippen LogP) is 2.80. The van der Waals surface area contributed by atoms with Gasteiger partial charge in [0, 0.05) is 36.4 Å². The second-order valence-corrected chi connectivity index (χ2v) is 7.52. The largest absolute Gasteiger partial charge is 0.453 e. The van der Waals surface area contributed by atoms with E-state index in [9.17, 15) is 13.2 Å². The van der Waals surface area contributed by atoms with Crippen LogP contribution in [0.1, 0.15) is 5.56 Å². The SMILES string of the molecule is COC(=O)Nc1ccc(S(=O)(=O)NCc2ccnc(-c3cccnc3)c2)cc1. The van der Waals surface area contributed by atoms with E-state index in [1.54, 1.807) is 24.7 Å². The first-order valence-corrected chi connectivity index (χ1v) is 9.76. The van der Waals surface area contributed by atoms with Crippen LogP contribution in [0.15, 0.2) is 72.0 Å². The lowest BCUT2D eigenvalue weighted by molar-refractivity contribution is 0.187. The van der Waals surface area contributed by atoms with Crippen LogP contribution in [0.3, 0.4) is 0 Å². The molecule has 28 heavy (non-hydrogen) atoms. The number of carbonyl (C=O) groups is 1. The molecule has 2 heterocycles. The standard InChI is InChI=1S/C19H18N4O4S/c1-27-19(24)23-16-4-6-17(7-5-16)28(25,26)22-12-14-8-10-21-18(11-14)15-3-2-9-20-13-15/h2-11,13,22H,12H2,1H3,(H,23,24). The number of rotatable bonds is 6. The van der Waals surface area contributed by atoms with Gasteiger partial charge >= 0.3 is 6.09 Å². The maximum absolute atomic E-state index is 12.5. The molecule has 0 aliphatic rings. The van der Waals surface area contributed by atoms with Gasteiger partial charge in [0.2, 0.25) is 10.0 Å². The van der Waals surface area contributed by atoms with Crippen LogP contribution in [0.5, 0.6) is 0 Å². The minimum absolute atomic E-state index is 0.0875. The van der Waals surface area contributed by atoms with Gasteiger partial charge in [-0.15, -0.1) is 0 Å². The van der Waals surface area contributed by atoms with Gasteiger partial charge in [0.05, 0.1) is 17.7 Å². The number of benzene rings is 1. The third-order valence-electron chi connectivity index (χ3n) is 3.84. The first-order chi connectivity index (χ1) is 13.5. The summed E-state index contributed by atoms with van der Waals surface area (Å²) in [4.78, 5) is 19.6. The van der Waals surface area contributed by atoms with Crippen molar-refractivity contribution >= 4 is 21.8 Å². The smallest absolute Gasteiger partial charge is 0.411 e. The van der Waals surface area contributed by atoms with Crippen molar-refractivity contribution in [1.29, 1.82) is 0 Å². The highest BCUT2D eigenvalue weighted by Gasteiger charge is 2.14. The fourth-order valence-corrected chi connectivity index (χ4v) is 3.42. The summed E-state index contributed by atoms with van der Waals surface area (Å²) in [6.45, 7) is 0.111. The number of carbonyl (C=O) groups excluding carboxylic acids is 1. The number of hydrogen-bond donors (Lipinski definition) is 2. The molecule has 0 atom stereocenters. The van der Waals surface area contributed by atoms with Gasteiger partial charge in [-0.05, 0) is 54.1 Å². The summed E-state index contributed by atoms with van der Waals surface area (Å²) in [5.41, 5.74) is 2.76. The van der Waals surface area contributed by atoms with Crippen LogP contribution >= 0.6 is 0 Å². The molecule has 0 saturated heterocycles. The molecule has 0 fully saturated rings. The van der Waals surface area contributed by atoms with E-state index in [4.69, 9.17) is 0 Å². The Morgan fingerprint density at radius 2 is 1.89 bits per heavy atom. The summed E-state index contributed by atoms with van der Waals surface area (Å²) in [6.07, 6.45) is 4.36. The number of hydrogen-bond acceptors (Lipinski definition) is 6. The Hall–Kier alpha value is -3.30. The molecule has 0 unspecified atom stereocenters.